The van der Waals surface area contributed by atoms with Gasteiger partial charge in [0.2, 0.25) is 5.91 Å². The molecule has 2 aliphatic rings. The minimum absolute atomic E-state index is 0.107. The number of hydrogen-bond donors (Lipinski definition) is 1. The Morgan fingerprint density at radius 2 is 2.19 bits per heavy atom. The van der Waals surface area contributed by atoms with Gasteiger partial charge >= 0.3 is 0 Å². The molecule has 26 heavy (non-hydrogen) atoms. The molecule has 7 heteroatoms. The van der Waals surface area contributed by atoms with Gasteiger partial charge in [0.05, 0.1) is 24.6 Å². The first kappa shape index (κ1) is 17.2. The van der Waals surface area contributed by atoms with Gasteiger partial charge in [0.25, 0.3) is 5.91 Å². The molecule has 4 rings (SSSR count). The van der Waals surface area contributed by atoms with Crippen molar-refractivity contribution in [2.75, 3.05) is 13.2 Å². The van der Waals surface area contributed by atoms with Crippen LogP contribution >= 0.6 is 11.3 Å². The standard InChI is InChI=1S/C19H19FN2O3S/c20-13-4-1-3-12(9-13)19(24)22-11-15(17-16(22)6-7-25-17)18(23)21-10-14-5-2-8-26-14/h1-5,8-9,15-17H,6-7,10-11H2,(H,21,23)/t15-,16+,17+/m1/s1. The number of nitrogens with one attached hydrogen (secondary N) is 1. The van der Waals surface area contributed by atoms with Crippen LogP contribution in [0.2, 0.25) is 0 Å². The van der Waals surface area contributed by atoms with Crippen molar-refractivity contribution in [1.29, 1.82) is 0 Å². The average molecular weight is 374 g/mol. The fraction of sp³-hybridized carbons (Fsp3) is 0.368. The Bertz CT molecular complexity index is 811. The molecular formula is C19H19FN2O3S. The maximum absolute atomic E-state index is 13.5. The Morgan fingerprint density at radius 1 is 1.31 bits per heavy atom. The zero-order valence-corrected chi connectivity index (χ0v) is 14.9. The molecule has 2 saturated heterocycles. The lowest BCUT2D eigenvalue weighted by molar-refractivity contribution is -0.127. The van der Waals surface area contributed by atoms with E-state index in [1.807, 2.05) is 17.5 Å². The third kappa shape index (κ3) is 3.24. The zero-order chi connectivity index (χ0) is 18.1. The van der Waals surface area contributed by atoms with E-state index < -0.39 is 11.7 Å². The third-order valence-corrected chi connectivity index (χ3v) is 5.86. The van der Waals surface area contributed by atoms with Crippen LogP contribution in [-0.2, 0) is 16.1 Å². The lowest BCUT2D eigenvalue weighted by atomic mass is 10.0. The predicted octanol–water partition coefficient (Wildman–Crippen LogP) is 2.43. The van der Waals surface area contributed by atoms with Crippen LogP contribution in [0, 0.1) is 11.7 Å². The van der Waals surface area contributed by atoms with E-state index in [9.17, 15) is 14.0 Å². The number of carbonyl (C=O) groups is 2. The summed E-state index contributed by atoms with van der Waals surface area (Å²) >= 11 is 1.58. The van der Waals surface area contributed by atoms with Gasteiger partial charge < -0.3 is 15.0 Å². The van der Waals surface area contributed by atoms with Crippen molar-refractivity contribution in [1.82, 2.24) is 10.2 Å². The molecule has 0 bridgehead atoms. The van der Waals surface area contributed by atoms with Crippen molar-refractivity contribution in [3.63, 3.8) is 0 Å². The number of hydrogen-bond acceptors (Lipinski definition) is 4. The molecule has 3 heterocycles. The van der Waals surface area contributed by atoms with E-state index in [1.165, 1.54) is 18.2 Å². The number of benzene rings is 1. The highest BCUT2D eigenvalue weighted by Crippen LogP contribution is 2.34. The van der Waals surface area contributed by atoms with Crippen molar-refractivity contribution in [2.45, 2.75) is 25.1 Å². The van der Waals surface area contributed by atoms with Crippen LogP contribution in [0.3, 0.4) is 0 Å². The Morgan fingerprint density at radius 3 is 2.96 bits per heavy atom. The molecule has 1 aromatic heterocycles. The molecule has 2 amide bonds. The summed E-state index contributed by atoms with van der Waals surface area (Å²) in [5.41, 5.74) is 0.301. The van der Waals surface area contributed by atoms with E-state index in [1.54, 1.807) is 22.3 Å². The Balaban J connectivity index is 1.48. The minimum atomic E-state index is -0.445. The van der Waals surface area contributed by atoms with Crippen LogP contribution in [-0.4, -0.2) is 42.0 Å². The van der Waals surface area contributed by atoms with E-state index in [-0.39, 0.29) is 24.0 Å². The van der Waals surface area contributed by atoms with E-state index in [0.717, 1.165) is 4.88 Å². The molecule has 5 nitrogen and oxygen atoms in total. The second kappa shape index (κ2) is 7.17. The van der Waals surface area contributed by atoms with Crippen molar-refractivity contribution in [3.8, 4) is 0 Å². The predicted molar refractivity (Wildman–Crippen MR) is 95.2 cm³/mol. The highest BCUT2D eigenvalue weighted by Gasteiger charge is 2.50. The van der Waals surface area contributed by atoms with Crippen LogP contribution < -0.4 is 5.32 Å². The third-order valence-electron chi connectivity index (χ3n) is 4.98. The Labute approximate surface area is 154 Å². The van der Waals surface area contributed by atoms with Gasteiger partial charge in [-0.15, -0.1) is 11.3 Å². The van der Waals surface area contributed by atoms with Crippen LogP contribution in [0.25, 0.3) is 0 Å². The molecule has 3 atom stereocenters. The molecule has 0 spiro atoms. The van der Waals surface area contributed by atoms with Gasteiger partial charge in [-0.1, -0.05) is 12.1 Å². The molecule has 0 aliphatic carbocycles. The van der Waals surface area contributed by atoms with Gasteiger partial charge in [-0.05, 0) is 36.1 Å². The van der Waals surface area contributed by atoms with Crippen LogP contribution in [0.4, 0.5) is 4.39 Å². The zero-order valence-electron chi connectivity index (χ0n) is 14.1. The number of thiophene rings is 1. The number of ether oxygens (including phenoxy) is 1. The summed E-state index contributed by atoms with van der Waals surface area (Å²) < 4.78 is 19.2. The highest BCUT2D eigenvalue weighted by molar-refractivity contribution is 7.09. The van der Waals surface area contributed by atoms with Gasteiger partial charge in [0.15, 0.2) is 0 Å². The summed E-state index contributed by atoms with van der Waals surface area (Å²) in [6, 6.07) is 9.43. The Kier molecular flexibility index (Phi) is 4.74. The normalized spacial score (nSPS) is 24.5. The van der Waals surface area contributed by atoms with Crippen molar-refractivity contribution >= 4 is 23.2 Å². The number of fused-ring (bicyclic) bond motifs is 1. The molecule has 0 unspecified atom stereocenters. The van der Waals surface area contributed by atoms with Crippen LogP contribution in [0.15, 0.2) is 41.8 Å². The van der Waals surface area contributed by atoms with Crippen LogP contribution in [0.1, 0.15) is 21.7 Å². The summed E-state index contributed by atoms with van der Waals surface area (Å²) in [5, 5.41) is 4.91. The highest BCUT2D eigenvalue weighted by atomic mass is 32.1. The van der Waals surface area contributed by atoms with Crippen molar-refractivity contribution in [3.05, 3.63) is 58.0 Å². The molecule has 2 fully saturated rings. The number of carbonyl (C=O) groups excluding carboxylic acids is 2. The van der Waals surface area contributed by atoms with Gasteiger partial charge in [-0.2, -0.15) is 0 Å². The van der Waals surface area contributed by atoms with Gasteiger partial charge in [-0.3, -0.25) is 9.59 Å². The molecule has 2 aliphatic heterocycles. The van der Waals surface area contributed by atoms with Crippen molar-refractivity contribution < 1.29 is 18.7 Å². The summed E-state index contributed by atoms with van der Waals surface area (Å²) in [7, 11) is 0. The first-order valence-electron chi connectivity index (χ1n) is 8.62. The molecule has 2 aromatic rings. The number of rotatable bonds is 4. The molecule has 1 aromatic carbocycles. The lowest BCUT2D eigenvalue weighted by Crippen LogP contribution is -2.37. The van der Waals surface area contributed by atoms with Gasteiger partial charge in [0, 0.05) is 23.6 Å². The first-order chi connectivity index (χ1) is 12.6. The number of likely N-dealkylation sites (tertiary alicyclic amines) is 1. The summed E-state index contributed by atoms with van der Waals surface area (Å²) in [4.78, 5) is 28.2. The lowest BCUT2D eigenvalue weighted by Gasteiger charge is -2.22. The van der Waals surface area contributed by atoms with Gasteiger partial charge in [-0.25, -0.2) is 4.39 Å². The first-order valence-corrected chi connectivity index (χ1v) is 9.49. The molecule has 0 radical (unpaired) electrons. The fourth-order valence-electron chi connectivity index (χ4n) is 3.74. The summed E-state index contributed by atoms with van der Waals surface area (Å²) in [5.74, 6) is -1.21. The minimum Gasteiger partial charge on any atom is -0.375 e. The Hall–Kier alpha value is -2.25. The van der Waals surface area contributed by atoms with Crippen LogP contribution in [0.5, 0.6) is 0 Å². The average Bonchev–Trinajstić information content (AvgIpc) is 3.36. The quantitative estimate of drug-likeness (QED) is 0.894. The number of halogens is 1. The number of nitrogens with zero attached hydrogens (tertiary/aromatic N) is 1. The monoisotopic (exact) mass is 374 g/mol. The summed E-state index contributed by atoms with van der Waals surface area (Å²) in [6.45, 7) is 1.29. The second-order valence-corrected chi connectivity index (χ2v) is 7.60. The summed E-state index contributed by atoms with van der Waals surface area (Å²) in [6.07, 6.45) is 0.399. The van der Waals surface area contributed by atoms with E-state index in [4.69, 9.17) is 4.74 Å². The smallest absolute Gasteiger partial charge is 0.254 e. The maximum Gasteiger partial charge on any atom is 0.254 e. The molecule has 136 valence electrons. The van der Waals surface area contributed by atoms with E-state index in [0.29, 0.717) is 31.7 Å². The van der Waals surface area contributed by atoms with E-state index in [2.05, 4.69) is 5.32 Å². The largest absolute Gasteiger partial charge is 0.375 e. The fourth-order valence-corrected chi connectivity index (χ4v) is 4.38. The second-order valence-electron chi connectivity index (χ2n) is 6.56. The topological polar surface area (TPSA) is 58.6 Å². The molecule has 0 saturated carbocycles. The van der Waals surface area contributed by atoms with Gasteiger partial charge in [0.1, 0.15) is 5.82 Å². The molecular weight excluding hydrogens is 355 g/mol. The van der Waals surface area contributed by atoms with E-state index >= 15 is 0 Å². The van der Waals surface area contributed by atoms with Crippen molar-refractivity contribution in [2.24, 2.45) is 5.92 Å². The maximum atomic E-state index is 13.5. The SMILES string of the molecule is O=C(NCc1cccs1)[C@@H]1CN(C(=O)c2cccc(F)c2)[C@H]2CCO[C@@H]12. The number of amides is 2. The molecule has 1 N–H and O–H groups in total.